The lowest BCUT2D eigenvalue weighted by molar-refractivity contribution is 1.10. The Hall–Kier alpha value is -17.4. The van der Waals surface area contributed by atoms with E-state index in [9.17, 15) is 0 Å². The van der Waals surface area contributed by atoms with Crippen LogP contribution < -0.4 is 0 Å². The van der Waals surface area contributed by atoms with E-state index in [0.29, 0.717) is 0 Å². The van der Waals surface area contributed by atoms with E-state index in [0.717, 1.165) is 89.8 Å². The molecular formula is C122H69N9S. The molecule has 0 radical (unpaired) electrons. The van der Waals surface area contributed by atoms with Gasteiger partial charge in [-0.1, -0.05) is 309 Å². The van der Waals surface area contributed by atoms with Crippen molar-refractivity contribution >= 4 is 184 Å². The summed E-state index contributed by atoms with van der Waals surface area (Å²) in [6, 6.07) is 150. The Morgan fingerprint density at radius 2 is 0.561 bits per heavy atom. The lowest BCUT2D eigenvalue weighted by Gasteiger charge is -2.16. The van der Waals surface area contributed by atoms with Gasteiger partial charge in [0.25, 0.3) is 0 Å². The summed E-state index contributed by atoms with van der Waals surface area (Å²) in [5.41, 5.74) is 33.9. The maximum absolute atomic E-state index is 5.31. The van der Waals surface area contributed by atoms with Crippen molar-refractivity contribution in [2.75, 3.05) is 0 Å². The summed E-state index contributed by atoms with van der Waals surface area (Å²) in [5.74, 6) is 2.70. The van der Waals surface area contributed by atoms with Crippen LogP contribution in [0.1, 0.15) is 0 Å². The molecule has 0 fully saturated rings. The predicted octanol–water partition coefficient (Wildman–Crippen LogP) is 32.3. The van der Waals surface area contributed by atoms with E-state index in [1.165, 1.54) is 201 Å². The van der Waals surface area contributed by atoms with Crippen LogP contribution in [-0.4, -0.2) is 43.6 Å². The third-order valence-corrected chi connectivity index (χ3v) is 29.1. The van der Waals surface area contributed by atoms with Crippen LogP contribution in [0.5, 0.6) is 0 Å². The molecule has 0 N–H and O–H groups in total. The van der Waals surface area contributed by atoms with Gasteiger partial charge in [0.2, 0.25) is 0 Å². The monoisotopic (exact) mass is 1690 g/mol. The molecule has 608 valence electrons. The summed E-state index contributed by atoms with van der Waals surface area (Å²) in [4.78, 5) is 30.7. The minimum Gasteiger partial charge on any atom is -0.294 e. The number of pyridine rings is 6. The van der Waals surface area contributed by atoms with Crippen molar-refractivity contribution in [1.82, 2.24) is 43.6 Å². The maximum Gasteiger partial charge on any atom is 0.138 e. The fraction of sp³-hybridized carbons (Fsp3) is 0. The minimum atomic E-state index is 0.881. The summed E-state index contributed by atoms with van der Waals surface area (Å²) >= 11 is 1.89. The lowest BCUT2D eigenvalue weighted by atomic mass is 9.89. The molecule has 28 aromatic rings. The number of thiophene rings is 1. The van der Waals surface area contributed by atoms with Crippen LogP contribution in [-0.2, 0) is 0 Å². The van der Waals surface area contributed by atoms with Gasteiger partial charge < -0.3 is 0 Å². The van der Waals surface area contributed by atoms with E-state index in [1.807, 2.05) is 53.8 Å². The molecule has 0 saturated heterocycles. The number of benzene rings is 18. The van der Waals surface area contributed by atoms with E-state index in [-0.39, 0.29) is 0 Å². The average Bonchev–Trinajstić information content (AvgIpc) is 1.53. The van der Waals surface area contributed by atoms with Crippen LogP contribution in [0, 0.1) is 0 Å². The minimum absolute atomic E-state index is 0.881. The van der Waals surface area contributed by atoms with E-state index >= 15 is 0 Å². The molecule has 10 heteroatoms. The third kappa shape index (κ3) is 10.5. The molecule has 31 rings (SSSR count). The second-order valence-electron chi connectivity index (χ2n) is 34.9. The molecule has 0 aliphatic heterocycles. The van der Waals surface area contributed by atoms with Gasteiger partial charge in [0.05, 0.1) is 88.0 Å². The highest BCUT2D eigenvalue weighted by molar-refractivity contribution is 7.27. The number of nitrogens with zero attached hydrogens (tertiary/aromatic N) is 9. The highest BCUT2D eigenvalue weighted by atomic mass is 32.1. The van der Waals surface area contributed by atoms with Gasteiger partial charge in [0.15, 0.2) is 0 Å². The van der Waals surface area contributed by atoms with Crippen molar-refractivity contribution in [3.05, 3.63) is 419 Å². The fourth-order valence-corrected chi connectivity index (χ4v) is 23.6. The number of hydrogen-bond donors (Lipinski definition) is 0. The molecule has 0 saturated carbocycles. The van der Waals surface area contributed by atoms with Crippen molar-refractivity contribution in [2.45, 2.75) is 0 Å². The van der Waals surface area contributed by atoms with Gasteiger partial charge in [0, 0.05) is 75.3 Å². The van der Waals surface area contributed by atoms with Crippen LogP contribution in [0.4, 0.5) is 0 Å². The molecule has 3 aliphatic carbocycles. The first-order valence-electron chi connectivity index (χ1n) is 45.0. The van der Waals surface area contributed by atoms with Crippen LogP contribution >= 0.6 is 11.3 Å². The molecule has 10 heterocycles. The summed E-state index contributed by atoms with van der Waals surface area (Å²) in [6.45, 7) is 0. The van der Waals surface area contributed by atoms with Gasteiger partial charge in [0.1, 0.15) is 17.5 Å². The Bertz CT molecular complexity index is 9940. The summed E-state index contributed by atoms with van der Waals surface area (Å²) in [6.07, 6.45) is 0. The second-order valence-corrected chi connectivity index (χ2v) is 35.9. The molecule has 3 aliphatic rings. The summed E-state index contributed by atoms with van der Waals surface area (Å²) < 4.78 is 9.74. The average molecular weight is 1690 g/mol. The Balaban J connectivity index is 0.0000000971. The van der Waals surface area contributed by atoms with Crippen molar-refractivity contribution < 1.29 is 0 Å². The van der Waals surface area contributed by atoms with E-state index in [2.05, 4.69) is 390 Å². The van der Waals surface area contributed by atoms with E-state index < -0.39 is 0 Å². The van der Waals surface area contributed by atoms with Gasteiger partial charge in [-0.15, -0.1) is 11.3 Å². The largest absolute Gasteiger partial charge is 0.294 e. The van der Waals surface area contributed by atoms with Crippen molar-refractivity contribution in [3.63, 3.8) is 0 Å². The Morgan fingerprint density at radius 1 is 0.182 bits per heavy atom. The predicted molar refractivity (Wildman–Crippen MR) is 552 cm³/mol. The second kappa shape index (κ2) is 28.0. The first-order chi connectivity index (χ1) is 65.5. The Morgan fingerprint density at radius 3 is 1.14 bits per heavy atom. The molecule has 9 nitrogen and oxygen atoms in total. The molecule has 0 atom stereocenters. The highest BCUT2D eigenvalue weighted by Gasteiger charge is 2.33. The Kier molecular flexibility index (Phi) is 15.4. The Labute approximate surface area is 758 Å². The van der Waals surface area contributed by atoms with Gasteiger partial charge >= 0.3 is 0 Å². The van der Waals surface area contributed by atoms with Gasteiger partial charge in [-0.25, -0.2) is 29.9 Å². The normalized spacial score (nSPS) is 12.2. The molecule has 18 aromatic carbocycles. The number of rotatable bonds is 6. The number of hydrogen-bond acceptors (Lipinski definition) is 7. The van der Waals surface area contributed by atoms with Crippen LogP contribution in [0.2, 0.25) is 0 Å². The molecular weight excluding hydrogens is 1620 g/mol. The van der Waals surface area contributed by atoms with Gasteiger partial charge in [-0.2, -0.15) is 0 Å². The molecule has 0 bridgehead atoms. The zero-order chi connectivity index (χ0) is 86.1. The van der Waals surface area contributed by atoms with Crippen molar-refractivity contribution in [2.24, 2.45) is 0 Å². The lowest BCUT2D eigenvalue weighted by Crippen LogP contribution is -1.99. The molecule has 0 amide bonds. The van der Waals surface area contributed by atoms with Crippen molar-refractivity contribution in [1.29, 1.82) is 0 Å². The number of aromatic nitrogens is 9. The zero-order valence-electron chi connectivity index (χ0n) is 70.8. The maximum atomic E-state index is 5.31. The van der Waals surface area contributed by atoms with E-state index in [1.54, 1.807) is 0 Å². The molecule has 132 heavy (non-hydrogen) atoms. The van der Waals surface area contributed by atoms with Crippen LogP contribution in [0.25, 0.3) is 291 Å². The quantitative estimate of drug-likeness (QED) is 0.165. The first kappa shape index (κ1) is 72.7. The van der Waals surface area contributed by atoms with Crippen LogP contribution in [0.15, 0.2) is 419 Å². The van der Waals surface area contributed by atoms with Gasteiger partial charge in [-0.05, 0) is 219 Å². The summed E-state index contributed by atoms with van der Waals surface area (Å²) in [5, 5.41) is 23.1. The summed E-state index contributed by atoms with van der Waals surface area (Å²) in [7, 11) is 0. The van der Waals surface area contributed by atoms with Gasteiger partial charge in [-0.3, -0.25) is 13.7 Å². The van der Waals surface area contributed by atoms with Crippen LogP contribution in [0.3, 0.4) is 0 Å². The van der Waals surface area contributed by atoms with Crippen molar-refractivity contribution in [3.8, 4) is 118 Å². The molecule has 0 unspecified atom stereocenters. The highest BCUT2D eigenvalue weighted by Crippen LogP contribution is 2.58. The molecule has 10 aromatic heterocycles. The topological polar surface area (TPSA) is 92.1 Å². The third-order valence-electron chi connectivity index (χ3n) is 27.9. The smallest absolute Gasteiger partial charge is 0.138 e. The fourth-order valence-electron chi connectivity index (χ4n) is 22.4. The standard InChI is InChI=1S/C42H23N3S.2C40H23N3/c1-2-10-24(11-3-1)31-20-21-33-32(43-31)22-23-36(44-33)45-34-18-9-16-28-26-13-5-4-12-25(26)27-15-8-17-30-37(27)40(39(28)34)41(45)42-38(30)29-14-6-7-19-35(29)46-42;1-2-9-25(10-3-1)31-19-20-33-32(41-31)21-23-36(42-33)43-34-15-7-14-30-38-27-12-5-4-8-24(27)16-18-29(38)28-13-6-11-26-17-22-35(43)40(37(26)28)39(30)34;1-2-9-24(10-3-1)32-18-19-34-33(41-32)20-22-36(42-34)43-35-21-17-25-12-8-16-30-28-14-6-7-15-29(28)31-23-26-11-4-5-13-27(26)40(43)38(31)39(35)37(25)30/h1-23H;2*1-23H. The SMILES string of the molecule is c1ccc(-c2ccc3nc(-n4c5ccc6cccc7c6c5c5c(cc6ccccc6c54)-c4ccccc4-7)ccc3n2)cc1.c1ccc(-c2ccc3nc(-n4c5cccc6c5c5c7c(cccc7c7c8ccccc8sc7c54)-c4ccccc4-6)ccc3n2)cc1.c1ccc(-c2ccc3nc(-n4c5cccc6c5c5c7c(cccc7ccc54)-c4ccc5ccccc5c4-6)ccc3n2)cc1. The first-order valence-corrected chi connectivity index (χ1v) is 45.8. The number of fused-ring (bicyclic) bond motifs is 21. The van der Waals surface area contributed by atoms with E-state index in [4.69, 9.17) is 29.9 Å². The molecule has 0 spiro atoms. The zero-order valence-corrected chi connectivity index (χ0v) is 71.6.